The van der Waals surface area contributed by atoms with Crippen molar-refractivity contribution >= 4 is 16.4 Å². The van der Waals surface area contributed by atoms with Crippen molar-refractivity contribution in [3.05, 3.63) is 16.1 Å². The molecule has 0 fully saturated rings. The van der Waals surface area contributed by atoms with Crippen LogP contribution in [0.1, 0.15) is 17.5 Å². The molecule has 0 N–H and O–H groups in total. The van der Waals surface area contributed by atoms with Crippen molar-refractivity contribution in [1.29, 1.82) is 0 Å². The van der Waals surface area contributed by atoms with Crippen LogP contribution >= 0.6 is 16.4 Å². The predicted molar refractivity (Wildman–Crippen MR) is 41.2 cm³/mol. The average Bonchev–Trinajstić information content (AvgIpc) is 2.14. The largest absolute Gasteiger partial charge is 0.312 e. The van der Waals surface area contributed by atoms with Crippen LogP contribution in [0.15, 0.2) is 5.53 Å². The molecular weight excluding hydrogens is 134 g/mol. The Kier molecular flexibility index (Phi) is 2.11. The molecule has 1 aromatic rings. The highest BCUT2D eigenvalue weighted by Gasteiger charge is 1.81. The second-order valence-electron chi connectivity index (χ2n) is 1.76. The molecule has 0 radical (unpaired) electrons. The van der Waals surface area contributed by atoms with Crippen LogP contribution in [-0.2, 0) is 6.42 Å². The van der Waals surface area contributed by atoms with Crippen LogP contribution in [0.2, 0.25) is 0 Å². The first kappa shape index (κ1) is 6.33. The van der Waals surface area contributed by atoms with Gasteiger partial charge >= 0.3 is 0 Å². The zero-order valence-corrected chi connectivity index (χ0v) is 6.97. The van der Waals surface area contributed by atoms with Gasteiger partial charge in [-0.2, -0.15) is 5.53 Å². The van der Waals surface area contributed by atoms with Crippen molar-refractivity contribution in [1.82, 2.24) is 0 Å². The van der Waals surface area contributed by atoms with E-state index in [1.807, 2.05) is 0 Å². The summed E-state index contributed by atoms with van der Waals surface area (Å²) in [5, 5.41) is 3.18. The smallest absolute Gasteiger partial charge is 0.0452 e. The van der Waals surface area contributed by atoms with E-state index >= 15 is 0 Å². The van der Waals surface area contributed by atoms with Crippen LogP contribution in [0.5, 0.6) is 0 Å². The summed E-state index contributed by atoms with van der Waals surface area (Å²) in [6.07, 6.45) is 1.23. The molecule has 2 heteroatoms. The Labute approximate surface area is 53.5 Å². The third-order valence-electron chi connectivity index (χ3n) is 1.22. The van der Waals surface area contributed by atoms with E-state index in [0.717, 1.165) is 0 Å². The van der Waals surface area contributed by atoms with E-state index in [-0.39, 0.29) is 0 Å². The van der Waals surface area contributed by atoms with Gasteiger partial charge in [-0.05, 0) is 6.42 Å². The minimum Gasteiger partial charge on any atom is -0.312 e. The second kappa shape index (κ2) is 2.67. The molecule has 1 heterocycles. The fourth-order valence-electron chi connectivity index (χ4n) is 0.700. The maximum absolute atomic E-state index is 2.30. The van der Waals surface area contributed by atoms with Gasteiger partial charge in [0.15, 0.2) is 0 Å². The van der Waals surface area contributed by atoms with Crippen LogP contribution in [0.3, 0.4) is 0 Å². The van der Waals surface area contributed by atoms with E-state index < -0.39 is 0 Å². The fraction of sp³-hybridized carbons (Fsp3) is 0.500. The molecule has 0 atom stereocenters. The minimum atomic E-state index is 1.23. The van der Waals surface area contributed by atoms with E-state index in [4.69, 9.17) is 0 Å². The third kappa shape index (κ3) is 1.13. The summed E-state index contributed by atoms with van der Waals surface area (Å²) in [7, 11) is 2.90. The number of rotatable bonds is 1. The van der Waals surface area contributed by atoms with Crippen molar-refractivity contribution in [3.8, 4) is 0 Å². The highest BCUT2D eigenvalue weighted by atomic mass is 31.1. The van der Waals surface area contributed by atoms with Gasteiger partial charge in [0.05, 0.1) is 0 Å². The molecule has 0 unspecified atom stereocenters. The summed E-state index contributed by atoms with van der Waals surface area (Å²) in [5.41, 5.74) is 2.30. The van der Waals surface area contributed by atoms with E-state index in [1.165, 1.54) is 22.8 Å². The molecule has 0 saturated carbocycles. The molecule has 0 nitrogen and oxygen atoms in total. The Morgan fingerprint density at radius 2 is 2.50 bits per heavy atom. The Bertz CT molecular complexity index is 167. The zero-order valence-electron chi connectivity index (χ0n) is 5.18. The quantitative estimate of drug-likeness (QED) is 0.564. The van der Waals surface area contributed by atoms with Crippen molar-refractivity contribution in [2.75, 3.05) is 0 Å². The van der Waals surface area contributed by atoms with Gasteiger partial charge in [0.1, 0.15) is 0 Å². The summed E-state index contributed by atoms with van der Waals surface area (Å²) < 4.78 is 0. The van der Waals surface area contributed by atoms with Gasteiger partial charge in [-0.15, -0.1) is 10.6 Å². The summed E-state index contributed by atoms with van der Waals surface area (Å²) >= 11 is 0. The molecular formula is C6H9P2-. The van der Waals surface area contributed by atoms with Crippen molar-refractivity contribution in [3.63, 3.8) is 0 Å². The van der Waals surface area contributed by atoms with E-state index in [9.17, 15) is 0 Å². The Morgan fingerprint density at radius 1 is 1.75 bits per heavy atom. The number of hydrogen-bond acceptors (Lipinski definition) is 0. The van der Waals surface area contributed by atoms with Gasteiger partial charge in [0.2, 0.25) is 0 Å². The highest BCUT2D eigenvalue weighted by Crippen LogP contribution is 2.29. The molecule has 8 heavy (non-hydrogen) atoms. The molecule has 0 amide bonds. The van der Waals surface area contributed by atoms with Gasteiger partial charge in [0, 0.05) is 0 Å². The van der Waals surface area contributed by atoms with Crippen LogP contribution < -0.4 is 0 Å². The molecule has 0 aliphatic heterocycles. The first-order valence-corrected chi connectivity index (χ1v) is 4.70. The van der Waals surface area contributed by atoms with Crippen LogP contribution in [0.4, 0.5) is 0 Å². The topological polar surface area (TPSA) is 0 Å². The van der Waals surface area contributed by atoms with E-state index in [2.05, 4.69) is 19.4 Å². The average molecular weight is 143 g/mol. The zero-order chi connectivity index (χ0) is 5.98. The second-order valence-corrected chi connectivity index (χ2v) is 4.41. The summed E-state index contributed by atoms with van der Waals surface area (Å²) in [6, 6.07) is 0. The summed E-state index contributed by atoms with van der Waals surface area (Å²) in [5.74, 6) is 0. The molecule has 0 aromatic carbocycles. The minimum absolute atomic E-state index is 1.23. The molecule has 1 aromatic heterocycles. The normalized spacial score (nSPS) is 11.8. The lowest BCUT2D eigenvalue weighted by Crippen LogP contribution is -1.69. The lowest BCUT2D eigenvalue weighted by Gasteiger charge is -1.97. The molecule has 0 aliphatic rings. The Morgan fingerprint density at radius 3 is 2.75 bits per heavy atom. The molecule has 0 spiro atoms. The molecule has 0 bridgehead atoms. The van der Waals surface area contributed by atoms with Crippen molar-refractivity contribution in [2.45, 2.75) is 20.3 Å². The number of aryl methyl sites for hydroxylation is 2. The molecule has 0 aliphatic carbocycles. The lowest BCUT2D eigenvalue weighted by molar-refractivity contribution is 1.17. The fourth-order valence-corrected chi connectivity index (χ4v) is 3.20. The summed E-state index contributed by atoms with van der Waals surface area (Å²) in [6.45, 7) is 4.44. The SMILES string of the molecule is CCc1[p-]cpc1C. The highest BCUT2D eigenvalue weighted by molar-refractivity contribution is 7.47. The Balaban J connectivity index is 2.92. The van der Waals surface area contributed by atoms with Gasteiger partial charge in [-0.1, -0.05) is 13.8 Å². The first-order valence-electron chi connectivity index (χ1n) is 2.77. The van der Waals surface area contributed by atoms with Gasteiger partial charge in [-0.3, -0.25) is 0 Å². The molecule has 0 saturated heterocycles. The van der Waals surface area contributed by atoms with Crippen LogP contribution in [0.25, 0.3) is 0 Å². The summed E-state index contributed by atoms with van der Waals surface area (Å²) in [4.78, 5) is 0. The monoisotopic (exact) mass is 143 g/mol. The van der Waals surface area contributed by atoms with Crippen molar-refractivity contribution < 1.29 is 0 Å². The third-order valence-corrected chi connectivity index (χ3v) is 3.94. The van der Waals surface area contributed by atoms with Gasteiger partial charge in [0.25, 0.3) is 0 Å². The lowest BCUT2D eigenvalue weighted by atomic mass is 10.4. The number of hydrogen-bond donors (Lipinski definition) is 0. The Hall–Kier alpha value is 0.210. The predicted octanol–water partition coefficient (Wildman–Crippen LogP) is 3.44. The maximum Gasteiger partial charge on any atom is -0.0452 e. The van der Waals surface area contributed by atoms with Crippen LogP contribution in [0, 0.1) is 6.92 Å². The standard InChI is InChI=1S/C6H9P2/c1-3-6-5(2)7-4-8-6/h4H,3H2,1-2H3/q-1. The molecule has 1 rings (SSSR count). The van der Waals surface area contributed by atoms with Gasteiger partial charge < -0.3 is 16.4 Å². The first-order chi connectivity index (χ1) is 3.84. The van der Waals surface area contributed by atoms with Crippen LogP contribution in [-0.4, -0.2) is 0 Å². The van der Waals surface area contributed by atoms with E-state index in [1.54, 1.807) is 10.6 Å². The maximum atomic E-state index is 2.30. The van der Waals surface area contributed by atoms with E-state index in [0.29, 0.717) is 0 Å². The van der Waals surface area contributed by atoms with Gasteiger partial charge in [-0.25, -0.2) is 0 Å². The van der Waals surface area contributed by atoms with Crippen molar-refractivity contribution in [2.24, 2.45) is 0 Å². The molecule has 44 valence electrons.